The van der Waals surface area contributed by atoms with Gasteiger partial charge in [-0.05, 0) is 26.7 Å². The van der Waals surface area contributed by atoms with Crippen molar-refractivity contribution in [3.8, 4) is 0 Å². The van der Waals surface area contributed by atoms with Crippen LogP contribution in [0.4, 0.5) is 4.39 Å². The van der Waals surface area contributed by atoms with Gasteiger partial charge < -0.3 is 5.11 Å². The predicted molar refractivity (Wildman–Crippen MR) is 51.5 cm³/mol. The largest absolute Gasteiger partial charge is 0.390 e. The highest BCUT2D eigenvalue weighted by molar-refractivity contribution is 4.88. The van der Waals surface area contributed by atoms with Gasteiger partial charge in [0.15, 0.2) is 0 Å². The molecule has 1 heterocycles. The van der Waals surface area contributed by atoms with E-state index in [0.717, 1.165) is 13.0 Å². The first-order valence-corrected chi connectivity index (χ1v) is 5.04. The topological polar surface area (TPSA) is 23.5 Å². The minimum absolute atomic E-state index is 0.0600. The summed E-state index contributed by atoms with van der Waals surface area (Å²) in [6.07, 6.45) is -0.246. The number of aliphatic hydroxyl groups is 1. The summed E-state index contributed by atoms with van der Waals surface area (Å²) in [6, 6.07) is 0. The third kappa shape index (κ3) is 2.41. The number of likely N-dealkylation sites (tertiary alicyclic amines) is 1. The molecule has 0 saturated carbocycles. The van der Waals surface area contributed by atoms with Crippen molar-refractivity contribution >= 4 is 0 Å². The fourth-order valence-corrected chi connectivity index (χ4v) is 1.67. The number of piperidine rings is 1. The lowest BCUT2D eigenvalue weighted by Gasteiger charge is -2.42. The number of nitrogens with zero attached hydrogens (tertiary/aromatic N) is 1. The fraction of sp³-hybridized carbons (Fsp3) is 1.00. The van der Waals surface area contributed by atoms with Crippen LogP contribution >= 0.6 is 0 Å². The lowest BCUT2D eigenvalue weighted by atomic mass is 9.94. The van der Waals surface area contributed by atoms with Crippen LogP contribution in [0.5, 0.6) is 0 Å². The monoisotopic (exact) mass is 189 g/mol. The summed E-state index contributed by atoms with van der Waals surface area (Å²) >= 11 is 0. The molecule has 3 heteroatoms. The van der Waals surface area contributed by atoms with Crippen molar-refractivity contribution in [2.24, 2.45) is 0 Å². The van der Waals surface area contributed by atoms with Crippen molar-refractivity contribution in [3.63, 3.8) is 0 Å². The zero-order chi connectivity index (χ0) is 10.1. The molecule has 0 radical (unpaired) electrons. The van der Waals surface area contributed by atoms with E-state index in [4.69, 9.17) is 0 Å². The van der Waals surface area contributed by atoms with Gasteiger partial charge in [0, 0.05) is 18.6 Å². The molecule has 0 aromatic rings. The third-order valence-electron chi connectivity index (χ3n) is 3.23. The molecule has 1 rings (SSSR count). The summed E-state index contributed by atoms with van der Waals surface area (Å²) in [5.41, 5.74) is 0.0600. The number of aliphatic hydroxyl groups excluding tert-OH is 1. The molecule has 0 aromatic heterocycles. The van der Waals surface area contributed by atoms with Gasteiger partial charge in [-0.2, -0.15) is 0 Å². The molecule has 2 unspecified atom stereocenters. The second-order valence-electron chi connectivity index (χ2n) is 4.48. The van der Waals surface area contributed by atoms with Crippen LogP contribution in [-0.4, -0.2) is 40.9 Å². The zero-order valence-corrected chi connectivity index (χ0v) is 8.76. The summed E-state index contributed by atoms with van der Waals surface area (Å²) in [6.45, 7) is 7.54. The number of hydrogen-bond donors (Lipinski definition) is 1. The minimum atomic E-state index is -1.07. The second-order valence-corrected chi connectivity index (χ2v) is 4.48. The molecule has 78 valence electrons. The van der Waals surface area contributed by atoms with E-state index in [-0.39, 0.29) is 5.54 Å². The SMILES string of the molecule is CCC(C)(C)N1CCC(O)C(F)C1. The lowest BCUT2D eigenvalue weighted by Crippen LogP contribution is -2.53. The molecule has 2 atom stereocenters. The molecule has 13 heavy (non-hydrogen) atoms. The molecule has 0 spiro atoms. The first kappa shape index (κ1) is 10.9. The molecule has 1 aliphatic rings. The van der Waals surface area contributed by atoms with Crippen molar-refractivity contribution in [1.29, 1.82) is 0 Å². The van der Waals surface area contributed by atoms with Gasteiger partial charge in [0.25, 0.3) is 0 Å². The molecule has 1 saturated heterocycles. The van der Waals surface area contributed by atoms with Gasteiger partial charge in [0.1, 0.15) is 6.17 Å². The Hall–Kier alpha value is -0.150. The van der Waals surface area contributed by atoms with Gasteiger partial charge in [-0.3, -0.25) is 4.90 Å². The quantitative estimate of drug-likeness (QED) is 0.713. The van der Waals surface area contributed by atoms with Crippen molar-refractivity contribution < 1.29 is 9.50 Å². The molecular formula is C10H20FNO. The highest BCUT2D eigenvalue weighted by Crippen LogP contribution is 2.24. The maximum absolute atomic E-state index is 13.2. The van der Waals surface area contributed by atoms with Crippen LogP contribution < -0.4 is 0 Å². The van der Waals surface area contributed by atoms with E-state index in [0.29, 0.717) is 13.0 Å². The molecule has 1 fully saturated rings. The summed E-state index contributed by atoms with van der Waals surface area (Å²) in [5, 5.41) is 9.23. The van der Waals surface area contributed by atoms with Gasteiger partial charge in [0.2, 0.25) is 0 Å². The van der Waals surface area contributed by atoms with Crippen LogP contribution in [0, 0.1) is 0 Å². The standard InChI is InChI=1S/C10H20FNO/c1-4-10(2,3)12-6-5-9(13)8(11)7-12/h8-9,13H,4-7H2,1-3H3. The number of rotatable bonds is 2. The van der Waals surface area contributed by atoms with Gasteiger partial charge in [-0.25, -0.2) is 4.39 Å². The van der Waals surface area contributed by atoms with E-state index >= 15 is 0 Å². The number of halogens is 1. The van der Waals surface area contributed by atoms with Crippen molar-refractivity contribution in [3.05, 3.63) is 0 Å². The predicted octanol–water partition coefficient (Wildman–Crippen LogP) is 1.58. The van der Waals surface area contributed by atoms with Crippen molar-refractivity contribution in [2.75, 3.05) is 13.1 Å². The normalized spacial score (nSPS) is 32.1. The van der Waals surface area contributed by atoms with Crippen LogP contribution in [0.1, 0.15) is 33.6 Å². The fourth-order valence-electron chi connectivity index (χ4n) is 1.67. The Kier molecular flexibility index (Phi) is 3.30. The Morgan fingerprint density at radius 2 is 2.15 bits per heavy atom. The molecule has 2 nitrogen and oxygen atoms in total. The van der Waals surface area contributed by atoms with E-state index in [1.807, 2.05) is 0 Å². The third-order valence-corrected chi connectivity index (χ3v) is 3.23. The van der Waals surface area contributed by atoms with E-state index in [1.54, 1.807) is 0 Å². The van der Waals surface area contributed by atoms with Crippen LogP contribution in [0.3, 0.4) is 0 Å². The Morgan fingerprint density at radius 3 is 2.62 bits per heavy atom. The molecule has 0 aromatic carbocycles. The van der Waals surface area contributed by atoms with E-state index in [9.17, 15) is 9.50 Å². The first-order valence-electron chi connectivity index (χ1n) is 5.04. The van der Waals surface area contributed by atoms with E-state index < -0.39 is 12.3 Å². The Labute approximate surface area is 79.7 Å². The van der Waals surface area contributed by atoms with Gasteiger partial charge >= 0.3 is 0 Å². The highest BCUT2D eigenvalue weighted by atomic mass is 19.1. The highest BCUT2D eigenvalue weighted by Gasteiger charge is 2.34. The average Bonchev–Trinajstić information content (AvgIpc) is 2.09. The number of hydrogen-bond acceptors (Lipinski definition) is 2. The molecular weight excluding hydrogens is 169 g/mol. The van der Waals surface area contributed by atoms with Crippen LogP contribution in [0.15, 0.2) is 0 Å². The van der Waals surface area contributed by atoms with E-state index in [2.05, 4.69) is 25.7 Å². The van der Waals surface area contributed by atoms with Gasteiger partial charge in [0.05, 0.1) is 6.10 Å². The Balaban J connectivity index is 2.55. The van der Waals surface area contributed by atoms with Gasteiger partial charge in [-0.15, -0.1) is 0 Å². The maximum Gasteiger partial charge on any atom is 0.139 e. The van der Waals surface area contributed by atoms with Gasteiger partial charge in [-0.1, -0.05) is 6.92 Å². The average molecular weight is 189 g/mol. The smallest absolute Gasteiger partial charge is 0.139 e. The molecule has 1 aliphatic heterocycles. The lowest BCUT2D eigenvalue weighted by molar-refractivity contribution is -0.0287. The summed E-state index contributed by atoms with van der Waals surface area (Å²) in [7, 11) is 0. The van der Waals surface area contributed by atoms with Crippen LogP contribution in [-0.2, 0) is 0 Å². The number of alkyl halides is 1. The molecule has 0 bridgehead atoms. The second kappa shape index (κ2) is 3.93. The molecule has 1 N–H and O–H groups in total. The van der Waals surface area contributed by atoms with Crippen molar-refractivity contribution in [1.82, 2.24) is 4.90 Å². The molecule has 0 aliphatic carbocycles. The van der Waals surface area contributed by atoms with Crippen molar-refractivity contribution in [2.45, 2.75) is 51.4 Å². The zero-order valence-electron chi connectivity index (χ0n) is 8.76. The van der Waals surface area contributed by atoms with Crippen LogP contribution in [0.2, 0.25) is 0 Å². The maximum atomic E-state index is 13.2. The molecule has 0 amide bonds. The summed E-state index contributed by atoms with van der Waals surface area (Å²) in [4.78, 5) is 2.13. The minimum Gasteiger partial charge on any atom is -0.390 e. The first-order chi connectivity index (χ1) is 5.97. The Bertz CT molecular complexity index is 172. The summed E-state index contributed by atoms with van der Waals surface area (Å²) < 4.78 is 13.2. The summed E-state index contributed by atoms with van der Waals surface area (Å²) in [5.74, 6) is 0. The van der Waals surface area contributed by atoms with E-state index in [1.165, 1.54) is 0 Å². The Morgan fingerprint density at radius 1 is 1.54 bits per heavy atom. The van der Waals surface area contributed by atoms with Crippen LogP contribution in [0.25, 0.3) is 0 Å².